The predicted octanol–water partition coefficient (Wildman–Crippen LogP) is -0.0344. The van der Waals surface area contributed by atoms with Crippen molar-refractivity contribution in [3.05, 3.63) is 29.8 Å². The summed E-state index contributed by atoms with van der Waals surface area (Å²) in [5, 5.41) is 2.33. The summed E-state index contributed by atoms with van der Waals surface area (Å²) < 4.78 is 25.0. The lowest BCUT2D eigenvalue weighted by Crippen LogP contribution is -2.46. The van der Waals surface area contributed by atoms with Crippen molar-refractivity contribution in [2.45, 2.75) is 17.9 Å². The molecule has 0 bridgehead atoms. The topological polar surface area (TPSA) is 83.6 Å². The van der Waals surface area contributed by atoms with Crippen LogP contribution in [0.15, 0.2) is 29.2 Å². The van der Waals surface area contributed by atoms with E-state index in [1.54, 1.807) is 6.07 Å². The second-order valence-corrected chi connectivity index (χ2v) is 5.68. The number of carbonyl (C=O) groups is 2. The zero-order chi connectivity index (χ0) is 13.5. The zero-order valence-electron chi connectivity index (χ0n) is 9.88. The standard InChI is InChI=1S/C11H12N2O4S/c1-7(10(14)12-2)13-11(15)8-5-3-4-6-9(8)18(13,16)17/h3-7H,1-2H3,(H,12,14). The van der Waals surface area contributed by atoms with Crippen LogP contribution in [0.1, 0.15) is 17.3 Å². The average molecular weight is 268 g/mol. The van der Waals surface area contributed by atoms with Crippen molar-refractivity contribution in [2.24, 2.45) is 0 Å². The first kappa shape index (κ1) is 12.6. The number of hydrogen-bond donors (Lipinski definition) is 1. The summed E-state index contributed by atoms with van der Waals surface area (Å²) in [6.07, 6.45) is 0. The van der Waals surface area contributed by atoms with Crippen LogP contribution in [0.2, 0.25) is 0 Å². The molecule has 18 heavy (non-hydrogen) atoms. The van der Waals surface area contributed by atoms with E-state index in [2.05, 4.69) is 5.32 Å². The molecular formula is C11H12N2O4S. The van der Waals surface area contributed by atoms with Crippen LogP contribution in [0.3, 0.4) is 0 Å². The number of fused-ring (bicyclic) bond motifs is 1. The fourth-order valence-electron chi connectivity index (χ4n) is 1.90. The van der Waals surface area contributed by atoms with Gasteiger partial charge in [0, 0.05) is 7.05 Å². The molecular weight excluding hydrogens is 256 g/mol. The molecule has 0 spiro atoms. The Morgan fingerprint density at radius 2 is 1.94 bits per heavy atom. The van der Waals surface area contributed by atoms with Crippen LogP contribution in [0.5, 0.6) is 0 Å². The molecule has 1 aliphatic heterocycles. The number of nitrogens with zero attached hydrogens (tertiary/aromatic N) is 1. The maximum Gasteiger partial charge on any atom is 0.269 e. The maximum atomic E-state index is 12.2. The van der Waals surface area contributed by atoms with Crippen molar-refractivity contribution in [2.75, 3.05) is 7.05 Å². The van der Waals surface area contributed by atoms with Gasteiger partial charge in [-0.3, -0.25) is 9.59 Å². The second kappa shape index (κ2) is 4.09. The molecule has 1 aromatic carbocycles. The fraction of sp³-hybridized carbons (Fsp3) is 0.273. The third-order valence-electron chi connectivity index (χ3n) is 2.83. The monoisotopic (exact) mass is 268 g/mol. The number of rotatable bonds is 2. The van der Waals surface area contributed by atoms with Gasteiger partial charge in [0.1, 0.15) is 10.9 Å². The lowest BCUT2D eigenvalue weighted by molar-refractivity contribution is -0.123. The van der Waals surface area contributed by atoms with Gasteiger partial charge in [-0.1, -0.05) is 12.1 Å². The highest BCUT2D eigenvalue weighted by Crippen LogP contribution is 2.31. The number of nitrogens with one attached hydrogen (secondary N) is 1. The normalized spacial score (nSPS) is 18.3. The van der Waals surface area contributed by atoms with E-state index < -0.39 is 27.9 Å². The van der Waals surface area contributed by atoms with E-state index in [1.165, 1.54) is 32.2 Å². The number of carbonyl (C=O) groups excluding carboxylic acids is 2. The van der Waals surface area contributed by atoms with Crippen LogP contribution in [-0.4, -0.2) is 37.6 Å². The van der Waals surface area contributed by atoms with Gasteiger partial charge in [0.05, 0.1) is 5.56 Å². The van der Waals surface area contributed by atoms with Gasteiger partial charge < -0.3 is 5.32 Å². The smallest absolute Gasteiger partial charge is 0.269 e. The van der Waals surface area contributed by atoms with Crippen molar-refractivity contribution < 1.29 is 18.0 Å². The van der Waals surface area contributed by atoms with E-state index in [0.717, 1.165) is 0 Å². The molecule has 2 amide bonds. The number of amides is 2. The summed E-state index contributed by atoms with van der Waals surface area (Å²) in [4.78, 5) is 23.5. The highest BCUT2D eigenvalue weighted by molar-refractivity contribution is 7.90. The molecule has 1 aliphatic rings. The molecule has 0 fully saturated rings. The van der Waals surface area contributed by atoms with Crippen LogP contribution in [0, 0.1) is 0 Å². The van der Waals surface area contributed by atoms with Gasteiger partial charge in [-0.25, -0.2) is 12.7 Å². The van der Waals surface area contributed by atoms with E-state index in [-0.39, 0.29) is 10.5 Å². The minimum atomic E-state index is -3.93. The minimum absolute atomic E-state index is 0.0502. The highest BCUT2D eigenvalue weighted by atomic mass is 32.2. The SMILES string of the molecule is CNC(=O)C(C)N1C(=O)c2ccccc2S1(=O)=O. The molecule has 6 nitrogen and oxygen atoms in total. The predicted molar refractivity (Wildman–Crippen MR) is 63.3 cm³/mol. The van der Waals surface area contributed by atoms with Crippen LogP contribution >= 0.6 is 0 Å². The Kier molecular flexibility index (Phi) is 2.86. The molecule has 1 atom stereocenters. The first-order valence-electron chi connectivity index (χ1n) is 5.30. The van der Waals surface area contributed by atoms with Crippen LogP contribution in [-0.2, 0) is 14.8 Å². The van der Waals surface area contributed by atoms with E-state index in [9.17, 15) is 18.0 Å². The highest BCUT2D eigenvalue weighted by Gasteiger charge is 2.45. The van der Waals surface area contributed by atoms with E-state index >= 15 is 0 Å². The van der Waals surface area contributed by atoms with Crippen molar-refractivity contribution in [1.82, 2.24) is 9.62 Å². The third kappa shape index (κ3) is 1.59. The summed E-state index contributed by atoms with van der Waals surface area (Å²) >= 11 is 0. The first-order chi connectivity index (χ1) is 8.41. The number of likely N-dealkylation sites (N-methyl/N-ethyl adjacent to an activating group) is 1. The molecule has 1 aromatic rings. The third-order valence-corrected chi connectivity index (χ3v) is 4.74. The molecule has 2 rings (SSSR count). The molecule has 0 saturated heterocycles. The van der Waals surface area contributed by atoms with Gasteiger partial charge in [-0.05, 0) is 19.1 Å². The van der Waals surface area contributed by atoms with Gasteiger partial charge in [-0.2, -0.15) is 0 Å². The Labute approximate surface area is 105 Å². The molecule has 0 radical (unpaired) electrons. The molecule has 1 unspecified atom stereocenters. The number of benzene rings is 1. The molecule has 96 valence electrons. The Morgan fingerprint density at radius 3 is 2.50 bits per heavy atom. The van der Waals surface area contributed by atoms with Gasteiger partial charge in [0.2, 0.25) is 5.91 Å². The Hall–Kier alpha value is -1.89. The van der Waals surface area contributed by atoms with Crippen molar-refractivity contribution >= 4 is 21.8 Å². The Bertz CT molecular complexity index is 624. The van der Waals surface area contributed by atoms with Crippen LogP contribution in [0.25, 0.3) is 0 Å². The summed E-state index contributed by atoms with van der Waals surface area (Å²) in [5.41, 5.74) is 0.105. The van der Waals surface area contributed by atoms with Gasteiger partial charge >= 0.3 is 0 Å². The van der Waals surface area contributed by atoms with Gasteiger partial charge in [0.25, 0.3) is 15.9 Å². The first-order valence-corrected chi connectivity index (χ1v) is 6.74. The fourth-order valence-corrected chi connectivity index (χ4v) is 3.63. The van der Waals surface area contributed by atoms with Crippen molar-refractivity contribution in [1.29, 1.82) is 0 Å². The maximum absolute atomic E-state index is 12.2. The lowest BCUT2D eigenvalue weighted by atomic mass is 10.2. The number of sulfonamides is 1. The summed E-state index contributed by atoms with van der Waals surface area (Å²) in [6.45, 7) is 1.38. The molecule has 0 saturated carbocycles. The average Bonchev–Trinajstić information content (AvgIpc) is 2.56. The Balaban J connectivity index is 2.55. The minimum Gasteiger partial charge on any atom is -0.357 e. The van der Waals surface area contributed by atoms with Gasteiger partial charge in [0.15, 0.2) is 0 Å². The largest absolute Gasteiger partial charge is 0.357 e. The Morgan fingerprint density at radius 1 is 1.33 bits per heavy atom. The van der Waals surface area contributed by atoms with Crippen molar-refractivity contribution in [3.63, 3.8) is 0 Å². The molecule has 0 aromatic heterocycles. The molecule has 0 aliphatic carbocycles. The molecule has 1 heterocycles. The van der Waals surface area contributed by atoms with Crippen LogP contribution in [0.4, 0.5) is 0 Å². The van der Waals surface area contributed by atoms with E-state index in [1.807, 2.05) is 0 Å². The van der Waals surface area contributed by atoms with Gasteiger partial charge in [-0.15, -0.1) is 0 Å². The quantitative estimate of drug-likeness (QED) is 0.816. The summed E-state index contributed by atoms with van der Waals surface area (Å²) in [7, 11) is -2.54. The van der Waals surface area contributed by atoms with Crippen LogP contribution < -0.4 is 5.32 Å². The number of hydrogen-bond acceptors (Lipinski definition) is 4. The zero-order valence-corrected chi connectivity index (χ0v) is 10.7. The summed E-state index contributed by atoms with van der Waals surface area (Å²) in [5.74, 6) is -1.19. The van der Waals surface area contributed by atoms with E-state index in [4.69, 9.17) is 0 Å². The lowest BCUT2D eigenvalue weighted by Gasteiger charge is -2.21. The second-order valence-electron chi connectivity index (χ2n) is 3.89. The molecule has 1 N–H and O–H groups in total. The van der Waals surface area contributed by atoms with E-state index in [0.29, 0.717) is 4.31 Å². The molecule has 7 heteroatoms. The van der Waals surface area contributed by atoms with Crippen molar-refractivity contribution in [3.8, 4) is 0 Å². The summed E-state index contributed by atoms with van der Waals surface area (Å²) in [6, 6.07) is 4.85.